The van der Waals surface area contributed by atoms with Crippen LogP contribution in [0.1, 0.15) is 17.3 Å². The molecule has 94 valence electrons. The molecule has 1 aromatic carbocycles. The first kappa shape index (κ1) is 13.3. The highest BCUT2D eigenvalue weighted by Gasteiger charge is 2.10. The van der Waals surface area contributed by atoms with E-state index in [1.54, 1.807) is 19.2 Å². The van der Waals surface area contributed by atoms with E-state index in [1.165, 1.54) is 6.07 Å². The van der Waals surface area contributed by atoms with Crippen molar-refractivity contribution in [2.24, 2.45) is 0 Å². The molecular formula is C12H17NO4. The maximum atomic E-state index is 11.0. The standard InChI is InChI=1S/C12H17NO4/c1-3-17-7-6-13-11-8-9(16-2)4-5-10(11)12(14)15/h4-5,8,13H,3,6-7H2,1-2H3,(H,14,15). The van der Waals surface area contributed by atoms with Crippen molar-refractivity contribution in [1.82, 2.24) is 0 Å². The van der Waals surface area contributed by atoms with Gasteiger partial charge in [-0.05, 0) is 19.1 Å². The summed E-state index contributed by atoms with van der Waals surface area (Å²) in [5, 5.41) is 12.0. The summed E-state index contributed by atoms with van der Waals surface area (Å²) in [6.07, 6.45) is 0. The fourth-order valence-electron chi connectivity index (χ4n) is 1.39. The number of carboxylic acid groups (broad SMARTS) is 1. The third-order valence-electron chi connectivity index (χ3n) is 2.22. The Morgan fingerprint density at radius 2 is 2.24 bits per heavy atom. The Hall–Kier alpha value is -1.75. The van der Waals surface area contributed by atoms with Crippen LogP contribution >= 0.6 is 0 Å². The number of carbonyl (C=O) groups is 1. The van der Waals surface area contributed by atoms with E-state index < -0.39 is 5.97 Å². The van der Waals surface area contributed by atoms with Gasteiger partial charge in [0.05, 0.1) is 25.0 Å². The SMILES string of the molecule is CCOCCNc1cc(OC)ccc1C(=O)O. The first-order valence-corrected chi connectivity index (χ1v) is 5.42. The monoisotopic (exact) mass is 239 g/mol. The molecule has 0 fully saturated rings. The quantitative estimate of drug-likeness (QED) is 0.711. The Balaban J connectivity index is 2.75. The summed E-state index contributed by atoms with van der Waals surface area (Å²) in [7, 11) is 1.54. The van der Waals surface area contributed by atoms with Crippen molar-refractivity contribution in [1.29, 1.82) is 0 Å². The molecule has 0 aliphatic carbocycles. The molecule has 0 aliphatic rings. The summed E-state index contributed by atoms with van der Waals surface area (Å²) >= 11 is 0. The summed E-state index contributed by atoms with van der Waals surface area (Å²) in [5.41, 5.74) is 0.763. The van der Waals surface area contributed by atoms with Crippen molar-refractivity contribution in [2.45, 2.75) is 6.92 Å². The second kappa shape index (κ2) is 6.75. The Labute approximate surface area is 100 Å². The average molecular weight is 239 g/mol. The zero-order valence-corrected chi connectivity index (χ0v) is 10.0. The fourth-order valence-corrected chi connectivity index (χ4v) is 1.39. The summed E-state index contributed by atoms with van der Waals surface area (Å²) in [6, 6.07) is 4.80. The number of ether oxygens (including phenoxy) is 2. The Morgan fingerprint density at radius 3 is 2.82 bits per heavy atom. The molecule has 0 aliphatic heterocycles. The largest absolute Gasteiger partial charge is 0.497 e. The number of carboxylic acids is 1. The van der Waals surface area contributed by atoms with Crippen LogP contribution in [0.4, 0.5) is 5.69 Å². The Bertz CT molecular complexity index is 379. The minimum atomic E-state index is -0.966. The van der Waals surface area contributed by atoms with Gasteiger partial charge in [0.2, 0.25) is 0 Å². The normalized spacial score (nSPS) is 10.0. The van der Waals surface area contributed by atoms with Crippen molar-refractivity contribution in [3.63, 3.8) is 0 Å². The van der Waals surface area contributed by atoms with Gasteiger partial charge in [0, 0.05) is 19.2 Å². The average Bonchev–Trinajstić information content (AvgIpc) is 2.34. The molecular weight excluding hydrogens is 222 g/mol. The second-order valence-electron chi connectivity index (χ2n) is 3.34. The van der Waals surface area contributed by atoms with E-state index in [2.05, 4.69) is 5.32 Å². The van der Waals surface area contributed by atoms with Crippen LogP contribution in [-0.4, -0.2) is 37.9 Å². The molecule has 0 atom stereocenters. The van der Waals surface area contributed by atoms with E-state index in [0.717, 1.165) is 0 Å². The zero-order valence-electron chi connectivity index (χ0n) is 10.0. The summed E-state index contributed by atoms with van der Waals surface area (Å²) < 4.78 is 10.2. The Morgan fingerprint density at radius 1 is 1.47 bits per heavy atom. The van der Waals surface area contributed by atoms with E-state index in [9.17, 15) is 4.79 Å². The number of rotatable bonds is 7. The highest BCUT2D eigenvalue weighted by molar-refractivity contribution is 5.94. The van der Waals surface area contributed by atoms with Crippen molar-refractivity contribution >= 4 is 11.7 Å². The minimum Gasteiger partial charge on any atom is -0.497 e. The van der Waals surface area contributed by atoms with E-state index >= 15 is 0 Å². The second-order valence-corrected chi connectivity index (χ2v) is 3.34. The molecule has 5 nitrogen and oxygen atoms in total. The third kappa shape index (κ3) is 3.96. The van der Waals surface area contributed by atoms with Crippen LogP contribution in [0.5, 0.6) is 5.75 Å². The number of hydrogen-bond donors (Lipinski definition) is 2. The van der Waals surface area contributed by atoms with E-state index in [1.807, 2.05) is 6.92 Å². The fraction of sp³-hybridized carbons (Fsp3) is 0.417. The number of hydrogen-bond acceptors (Lipinski definition) is 4. The van der Waals surface area contributed by atoms with Gasteiger partial charge in [0.25, 0.3) is 0 Å². The van der Waals surface area contributed by atoms with Gasteiger partial charge in [-0.15, -0.1) is 0 Å². The molecule has 5 heteroatoms. The van der Waals surface area contributed by atoms with E-state index in [0.29, 0.717) is 31.2 Å². The summed E-state index contributed by atoms with van der Waals surface area (Å²) in [6.45, 7) is 3.65. The van der Waals surface area contributed by atoms with Gasteiger partial charge in [-0.25, -0.2) is 4.79 Å². The van der Waals surface area contributed by atoms with Crippen molar-refractivity contribution in [3.8, 4) is 5.75 Å². The molecule has 0 bridgehead atoms. The van der Waals surface area contributed by atoms with Crippen molar-refractivity contribution in [2.75, 3.05) is 32.2 Å². The Kier molecular flexibility index (Phi) is 5.29. The first-order chi connectivity index (χ1) is 8.19. The summed E-state index contributed by atoms with van der Waals surface area (Å²) in [5.74, 6) is -0.347. The van der Waals surface area contributed by atoms with Crippen LogP contribution in [0.25, 0.3) is 0 Å². The lowest BCUT2D eigenvalue weighted by Gasteiger charge is -2.11. The lowest BCUT2D eigenvalue weighted by Crippen LogP contribution is -2.12. The van der Waals surface area contributed by atoms with Crippen LogP contribution in [0.3, 0.4) is 0 Å². The van der Waals surface area contributed by atoms with Gasteiger partial charge >= 0.3 is 5.97 Å². The molecule has 0 saturated heterocycles. The number of methoxy groups -OCH3 is 1. The molecule has 0 aromatic heterocycles. The van der Waals surface area contributed by atoms with Gasteiger partial charge < -0.3 is 19.9 Å². The number of aromatic carboxylic acids is 1. The van der Waals surface area contributed by atoms with Crippen LogP contribution in [0, 0.1) is 0 Å². The zero-order chi connectivity index (χ0) is 12.7. The topological polar surface area (TPSA) is 67.8 Å². The molecule has 0 heterocycles. The predicted molar refractivity (Wildman–Crippen MR) is 64.9 cm³/mol. The molecule has 1 aromatic rings. The predicted octanol–water partition coefficient (Wildman–Crippen LogP) is 1.84. The molecule has 0 radical (unpaired) electrons. The smallest absolute Gasteiger partial charge is 0.337 e. The highest BCUT2D eigenvalue weighted by atomic mass is 16.5. The molecule has 17 heavy (non-hydrogen) atoms. The van der Waals surface area contributed by atoms with Crippen LogP contribution in [-0.2, 0) is 4.74 Å². The highest BCUT2D eigenvalue weighted by Crippen LogP contribution is 2.22. The number of nitrogens with one attached hydrogen (secondary N) is 1. The van der Waals surface area contributed by atoms with E-state index in [-0.39, 0.29) is 5.56 Å². The van der Waals surface area contributed by atoms with Gasteiger partial charge in [-0.1, -0.05) is 0 Å². The number of benzene rings is 1. The maximum Gasteiger partial charge on any atom is 0.337 e. The maximum absolute atomic E-state index is 11.0. The van der Waals surface area contributed by atoms with E-state index in [4.69, 9.17) is 14.6 Å². The number of anilines is 1. The van der Waals surface area contributed by atoms with Gasteiger partial charge in [0.1, 0.15) is 5.75 Å². The minimum absolute atomic E-state index is 0.224. The van der Waals surface area contributed by atoms with Crippen molar-refractivity contribution < 1.29 is 19.4 Å². The molecule has 2 N–H and O–H groups in total. The van der Waals surface area contributed by atoms with Crippen LogP contribution in [0.2, 0.25) is 0 Å². The molecule has 0 amide bonds. The van der Waals surface area contributed by atoms with Crippen LogP contribution in [0.15, 0.2) is 18.2 Å². The van der Waals surface area contributed by atoms with Crippen molar-refractivity contribution in [3.05, 3.63) is 23.8 Å². The lowest BCUT2D eigenvalue weighted by atomic mass is 10.1. The summed E-state index contributed by atoms with van der Waals surface area (Å²) in [4.78, 5) is 11.0. The van der Waals surface area contributed by atoms with Crippen LogP contribution < -0.4 is 10.1 Å². The lowest BCUT2D eigenvalue weighted by molar-refractivity contribution is 0.0698. The van der Waals surface area contributed by atoms with Gasteiger partial charge in [-0.2, -0.15) is 0 Å². The molecule has 1 rings (SSSR count). The first-order valence-electron chi connectivity index (χ1n) is 5.42. The van der Waals surface area contributed by atoms with Gasteiger partial charge in [-0.3, -0.25) is 0 Å². The molecule has 0 saturated carbocycles. The molecule has 0 spiro atoms. The van der Waals surface area contributed by atoms with Gasteiger partial charge in [0.15, 0.2) is 0 Å². The molecule has 0 unspecified atom stereocenters. The third-order valence-corrected chi connectivity index (χ3v) is 2.22.